The van der Waals surface area contributed by atoms with Crippen molar-refractivity contribution in [3.8, 4) is 5.75 Å². The van der Waals surface area contributed by atoms with Crippen LogP contribution < -0.4 is 4.74 Å². The van der Waals surface area contributed by atoms with Crippen molar-refractivity contribution in [3.05, 3.63) is 65.7 Å². The van der Waals surface area contributed by atoms with Crippen LogP contribution in [0.25, 0.3) is 0 Å². The number of ether oxygens (including phenoxy) is 1. The second-order valence-corrected chi connectivity index (χ2v) is 6.18. The number of hydrogen-bond acceptors (Lipinski definition) is 4. The first-order chi connectivity index (χ1) is 11.5. The molecular formula is C20H26N2O2. The van der Waals surface area contributed by atoms with Gasteiger partial charge in [-0.15, -0.1) is 0 Å². The minimum Gasteiger partial charge on any atom is -0.497 e. The van der Waals surface area contributed by atoms with Crippen LogP contribution in [0.2, 0.25) is 0 Å². The SMILES string of the molecule is CO/N=C(\c1ccc(OC)cc1)C(C)(Cc1ccccc1)N(C)C. The molecule has 0 saturated carbocycles. The van der Waals surface area contributed by atoms with Gasteiger partial charge >= 0.3 is 0 Å². The lowest BCUT2D eigenvalue weighted by atomic mass is 9.83. The summed E-state index contributed by atoms with van der Waals surface area (Å²) in [5, 5.41) is 4.37. The van der Waals surface area contributed by atoms with Gasteiger partial charge in [-0.2, -0.15) is 0 Å². The van der Waals surface area contributed by atoms with Gasteiger partial charge in [-0.05, 0) is 57.3 Å². The third-order valence-corrected chi connectivity index (χ3v) is 4.43. The van der Waals surface area contributed by atoms with Gasteiger partial charge in [0.1, 0.15) is 18.6 Å². The third-order valence-electron chi connectivity index (χ3n) is 4.43. The molecule has 2 aromatic carbocycles. The topological polar surface area (TPSA) is 34.1 Å². The standard InChI is InChI=1S/C20H26N2O2/c1-20(22(2)3,15-16-9-7-6-8-10-16)19(21-24-5)17-11-13-18(23-4)14-12-17/h6-14H,15H2,1-5H3/b21-19+. The Kier molecular flexibility index (Phi) is 5.99. The second-order valence-electron chi connectivity index (χ2n) is 6.18. The van der Waals surface area contributed by atoms with Crippen LogP contribution in [0.1, 0.15) is 18.1 Å². The van der Waals surface area contributed by atoms with Crippen molar-refractivity contribution in [2.24, 2.45) is 5.16 Å². The zero-order chi connectivity index (χ0) is 17.6. The number of rotatable bonds is 7. The molecule has 0 spiro atoms. The highest BCUT2D eigenvalue weighted by Crippen LogP contribution is 2.26. The van der Waals surface area contributed by atoms with Gasteiger partial charge in [0, 0.05) is 5.56 Å². The van der Waals surface area contributed by atoms with Gasteiger partial charge in [-0.1, -0.05) is 35.5 Å². The summed E-state index contributed by atoms with van der Waals surface area (Å²) in [4.78, 5) is 7.36. The van der Waals surface area contributed by atoms with E-state index in [0.29, 0.717) is 0 Å². The predicted molar refractivity (Wildman–Crippen MR) is 98.8 cm³/mol. The third kappa shape index (κ3) is 3.95. The molecule has 0 aliphatic carbocycles. The molecule has 24 heavy (non-hydrogen) atoms. The molecule has 1 unspecified atom stereocenters. The van der Waals surface area contributed by atoms with Crippen LogP contribution in [0.5, 0.6) is 5.75 Å². The van der Waals surface area contributed by atoms with Crippen molar-refractivity contribution >= 4 is 5.71 Å². The van der Waals surface area contributed by atoms with E-state index in [2.05, 4.69) is 55.3 Å². The fourth-order valence-corrected chi connectivity index (χ4v) is 2.75. The highest BCUT2D eigenvalue weighted by Gasteiger charge is 2.35. The summed E-state index contributed by atoms with van der Waals surface area (Å²) < 4.78 is 5.26. The zero-order valence-electron chi connectivity index (χ0n) is 15.1. The van der Waals surface area contributed by atoms with Crippen LogP contribution in [0.3, 0.4) is 0 Å². The van der Waals surface area contributed by atoms with Gasteiger partial charge in [-0.25, -0.2) is 0 Å². The fourth-order valence-electron chi connectivity index (χ4n) is 2.75. The van der Waals surface area contributed by atoms with Crippen molar-refractivity contribution in [1.82, 2.24) is 4.90 Å². The Morgan fingerprint density at radius 3 is 2.12 bits per heavy atom. The Bertz CT molecular complexity index is 666. The maximum atomic E-state index is 5.26. The normalized spacial score (nSPS) is 14.3. The van der Waals surface area contributed by atoms with Crippen LogP contribution in [0, 0.1) is 0 Å². The van der Waals surface area contributed by atoms with E-state index in [1.807, 2.05) is 30.3 Å². The van der Waals surface area contributed by atoms with Gasteiger partial charge in [0.05, 0.1) is 12.6 Å². The Hall–Kier alpha value is -2.33. The average Bonchev–Trinajstić information content (AvgIpc) is 2.60. The molecule has 1 atom stereocenters. The Labute approximate surface area is 144 Å². The van der Waals surface area contributed by atoms with Crippen LogP contribution in [0.4, 0.5) is 0 Å². The summed E-state index contributed by atoms with van der Waals surface area (Å²) in [6.07, 6.45) is 0.828. The maximum absolute atomic E-state index is 5.26. The van der Waals surface area contributed by atoms with Crippen LogP contribution >= 0.6 is 0 Å². The molecule has 0 aliphatic rings. The maximum Gasteiger partial charge on any atom is 0.118 e. The highest BCUT2D eigenvalue weighted by atomic mass is 16.6. The molecule has 0 N–H and O–H groups in total. The number of nitrogens with zero attached hydrogens (tertiary/aromatic N) is 2. The van der Waals surface area contributed by atoms with Crippen LogP contribution in [-0.4, -0.2) is 44.5 Å². The molecule has 0 aliphatic heterocycles. The fraction of sp³-hybridized carbons (Fsp3) is 0.350. The van der Waals surface area contributed by atoms with Crippen LogP contribution in [0.15, 0.2) is 59.8 Å². The molecule has 128 valence electrons. The molecular weight excluding hydrogens is 300 g/mol. The molecule has 0 bridgehead atoms. The zero-order valence-corrected chi connectivity index (χ0v) is 15.1. The van der Waals surface area contributed by atoms with Gasteiger partial charge in [0.15, 0.2) is 0 Å². The number of oxime groups is 1. The summed E-state index contributed by atoms with van der Waals surface area (Å²) in [5.41, 5.74) is 2.85. The second kappa shape index (κ2) is 7.97. The molecule has 0 fully saturated rings. The minimum absolute atomic E-state index is 0.314. The summed E-state index contributed by atoms with van der Waals surface area (Å²) in [5.74, 6) is 0.824. The molecule has 0 heterocycles. The summed E-state index contributed by atoms with van der Waals surface area (Å²) in [6.45, 7) is 2.18. The van der Waals surface area contributed by atoms with Crippen molar-refractivity contribution < 1.29 is 9.57 Å². The van der Waals surface area contributed by atoms with Gasteiger partial charge in [0.2, 0.25) is 0 Å². The van der Waals surface area contributed by atoms with Crippen molar-refractivity contribution in [2.45, 2.75) is 18.9 Å². The van der Waals surface area contributed by atoms with Gasteiger partial charge in [0.25, 0.3) is 0 Å². The molecule has 0 aromatic heterocycles. The summed E-state index contributed by atoms with van der Waals surface area (Å²) in [7, 11) is 7.38. The van der Waals surface area contributed by atoms with E-state index in [9.17, 15) is 0 Å². The van der Waals surface area contributed by atoms with Crippen molar-refractivity contribution in [2.75, 3.05) is 28.3 Å². The summed E-state index contributed by atoms with van der Waals surface area (Å²) >= 11 is 0. The molecule has 4 nitrogen and oxygen atoms in total. The van der Waals surface area contributed by atoms with E-state index in [4.69, 9.17) is 9.57 Å². The number of hydrogen-bond donors (Lipinski definition) is 0. The van der Waals surface area contributed by atoms with E-state index in [0.717, 1.165) is 23.4 Å². The Balaban J connectivity index is 2.45. The van der Waals surface area contributed by atoms with Crippen molar-refractivity contribution in [3.63, 3.8) is 0 Å². The molecule has 0 amide bonds. The number of methoxy groups -OCH3 is 1. The van der Waals surface area contributed by atoms with E-state index >= 15 is 0 Å². The van der Waals surface area contributed by atoms with Gasteiger partial charge < -0.3 is 9.57 Å². The van der Waals surface area contributed by atoms with E-state index in [1.54, 1.807) is 14.2 Å². The first-order valence-electron chi connectivity index (χ1n) is 7.98. The quantitative estimate of drug-likeness (QED) is 0.576. The Morgan fingerprint density at radius 2 is 1.62 bits per heavy atom. The predicted octanol–water partition coefficient (Wildman–Crippen LogP) is 3.61. The molecule has 0 saturated heterocycles. The van der Waals surface area contributed by atoms with E-state index in [1.165, 1.54) is 5.56 Å². The molecule has 0 radical (unpaired) electrons. The largest absolute Gasteiger partial charge is 0.497 e. The summed E-state index contributed by atoms with van der Waals surface area (Å²) in [6, 6.07) is 18.4. The number of benzene rings is 2. The lowest BCUT2D eigenvalue weighted by Crippen LogP contribution is -2.50. The first kappa shape index (κ1) is 18.0. The number of likely N-dealkylation sites (N-methyl/N-ethyl adjacent to an activating group) is 1. The van der Waals surface area contributed by atoms with E-state index < -0.39 is 0 Å². The van der Waals surface area contributed by atoms with Crippen LogP contribution in [-0.2, 0) is 11.3 Å². The molecule has 2 aromatic rings. The smallest absolute Gasteiger partial charge is 0.118 e. The highest BCUT2D eigenvalue weighted by molar-refractivity contribution is 6.07. The lowest BCUT2D eigenvalue weighted by molar-refractivity contribution is 0.195. The van der Waals surface area contributed by atoms with Gasteiger partial charge in [-0.3, -0.25) is 4.90 Å². The average molecular weight is 326 g/mol. The van der Waals surface area contributed by atoms with E-state index in [-0.39, 0.29) is 5.54 Å². The Morgan fingerprint density at radius 1 is 1.00 bits per heavy atom. The van der Waals surface area contributed by atoms with Crippen molar-refractivity contribution in [1.29, 1.82) is 0 Å². The monoisotopic (exact) mass is 326 g/mol. The lowest BCUT2D eigenvalue weighted by Gasteiger charge is -2.37. The minimum atomic E-state index is -0.314. The first-order valence-corrected chi connectivity index (χ1v) is 7.98. The molecule has 4 heteroatoms. The molecule has 2 rings (SSSR count).